The van der Waals surface area contributed by atoms with Crippen molar-refractivity contribution in [1.29, 1.82) is 0 Å². The van der Waals surface area contributed by atoms with Crippen LogP contribution >= 0.6 is 24.0 Å². The summed E-state index contributed by atoms with van der Waals surface area (Å²) in [6.45, 7) is 1.85. The molecule has 8 heteroatoms. The van der Waals surface area contributed by atoms with Gasteiger partial charge in [0.25, 0.3) is 0 Å². The molecule has 1 aliphatic heterocycles. The molecule has 0 amide bonds. The normalized spacial score (nSPS) is 16.5. The molecule has 1 aromatic carbocycles. The predicted molar refractivity (Wildman–Crippen MR) is 104 cm³/mol. The highest BCUT2D eigenvalue weighted by Gasteiger charge is 2.25. The second-order valence-corrected chi connectivity index (χ2v) is 7.22. The molecule has 1 aliphatic rings. The van der Waals surface area contributed by atoms with Crippen molar-refractivity contribution in [2.45, 2.75) is 30.7 Å². The highest BCUT2D eigenvalue weighted by molar-refractivity contribution is 14.0. The monoisotopic (exact) mass is 452 g/mol. The molecule has 130 valence electrons. The van der Waals surface area contributed by atoms with Crippen LogP contribution in [-0.2, 0) is 16.6 Å². The van der Waals surface area contributed by atoms with Crippen LogP contribution in [0.2, 0.25) is 0 Å². The van der Waals surface area contributed by atoms with E-state index in [0.717, 1.165) is 24.8 Å². The van der Waals surface area contributed by atoms with Gasteiger partial charge in [-0.3, -0.25) is 4.99 Å². The Balaban J connectivity index is 0.00000264. The van der Waals surface area contributed by atoms with E-state index in [9.17, 15) is 8.42 Å². The number of guanidine groups is 1. The molecule has 0 saturated carbocycles. The van der Waals surface area contributed by atoms with Crippen LogP contribution in [0.4, 0.5) is 0 Å². The standard InChI is InChI=1S/C15H24N4O2S.HI/c1-16-15(17-2)18-12-13-6-8-14(9-7-13)22(20,21)19-10-4-3-5-11-19;/h6-9H,3-5,10-12H2,1-2H3,(H2,16,17,18);1H. The number of hydrogen-bond donors (Lipinski definition) is 2. The number of benzene rings is 1. The molecule has 1 heterocycles. The van der Waals surface area contributed by atoms with Crippen LogP contribution in [0.1, 0.15) is 24.8 Å². The summed E-state index contributed by atoms with van der Waals surface area (Å²) < 4.78 is 26.7. The Morgan fingerprint density at radius 3 is 2.30 bits per heavy atom. The first-order valence-electron chi connectivity index (χ1n) is 7.55. The van der Waals surface area contributed by atoms with Crippen molar-refractivity contribution in [2.75, 3.05) is 27.2 Å². The quantitative estimate of drug-likeness (QED) is 0.415. The molecular formula is C15H25IN4O2S. The molecule has 0 atom stereocenters. The summed E-state index contributed by atoms with van der Waals surface area (Å²) in [4.78, 5) is 4.40. The molecule has 0 aromatic heterocycles. The van der Waals surface area contributed by atoms with Gasteiger partial charge in [0.1, 0.15) is 0 Å². The molecule has 0 radical (unpaired) electrons. The molecule has 0 spiro atoms. The van der Waals surface area contributed by atoms with E-state index in [0.29, 0.717) is 30.5 Å². The summed E-state index contributed by atoms with van der Waals surface area (Å²) >= 11 is 0. The zero-order chi connectivity index (χ0) is 16.0. The lowest BCUT2D eigenvalue weighted by atomic mass is 10.2. The molecule has 0 unspecified atom stereocenters. The molecular weight excluding hydrogens is 427 g/mol. The largest absolute Gasteiger partial charge is 0.359 e. The third-order valence-corrected chi connectivity index (χ3v) is 5.71. The van der Waals surface area contributed by atoms with Gasteiger partial charge in [0, 0.05) is 33.7 Å². The Hall–Kier alpha value is -0.870. The molecule has 1 saturated heterocycles. The van der Waals surface area contributed by atoms with Crippen molar-refractivity contribution >= 4 is 40.0 Å². The van der Waals surface area contributed by atoms with Gasteiger partial charge in [0.2, 0.25) is 10.0 Å². The summed E-state index contributed by atoms with van der Waals surface area (Å²) in [5.41, 5.74) is 1.01. The van der Waals surface area contributed by atoms with Crippen LogP contribution in [0, 0.1) is 0 Å². The van der Waals surface area contributed by atoms with Crippen molar-refractivity contribution in [1.82, 2.24) is 14.9 Å². The van der Waals surface area contributed by atoms with E-state index >= 15 is 0 Å². The van der Waals surface area contributed by atoms with Crippen LogP contribution in [0.3, 0.4) is 0 Å². The fourth-order valence-corrected chi connectivity index (χ4v) is 4.02. The van der Waals surface area contributed by atoms with Crippen molar-refractivity contribution in [3.8, 4) is 0 Å². The number of rotatable bonds is 4. The first-order valence-corrected chi connectivity index (χ1v) is 8.99. The highest BCUT2D eigenvalue weighted by atomic mass is 127. The maximum atomic E-state index is 12.5. The summed E-state index contributed by atoms with van der Waals surface area (Å²) in [5, 5.41) is 6.07. The highest BCUT2D eigenvalue weighted by Crippen LogP contribution is 2.20. The zero-order valence-electron chi connectivity index (χ0n) is 13.6. The van der Waals surface area contributed by atoms with E-state index in [1.807, 2.05) is 12.1 Å². The summed E-state index contributed by atoms with van der Waals surface area (Å²) in [6, 6.07) is 7.05. The number of hydrogen-bond acceptors (Lipinski definition) is 3. The van der Waals surface area contributed by atoms with Crippen LogP contribution in [0.5, 0.6) is 0 Å². The fraction of sp³-hybridized carbons (Fsp3) is 0.533. The summed E-state index contributed by atoms with van der Waals surface area (Å²) in [6.07, 6.45) is 3.01. The molecule has 2 rings (SSSR count). The van der Waals surface area contributed by atoms with Gasteiger partial charge in [-0.05, 0) is 30.5 Å². The van der Waals surface area contributed by atoms with Gasteiger partial charge >= 0.3 is 0 Å². The minimum Gasteiger partial charge on any atom is -0.359 e. The average molecular weight is 452 g/mol. The molecule has 23 heavy (non-hydrogen) atoms. The lowest BCUT2D eigenvalue weighted by Gasteiger charge is -2.25. The van der Waals surface area contributed by atoms with Gasteiger partial charge in [0.15, 0.2) is 5.96 Å². The van der Waals surface area contributed by atoms with E-state index in [4.69, 9.17) is 0 Å². The number of nitrogens with zero attached hydrogens (tertiary/aromatic N) is 2. The first kappa shape index (κ1) is 20.2. The van der Waals surface area contributed by atoms with Crippen LogP contribution in [0.15, 0.2) is 34.2 Å². The summed E-state index contributed by atoms with van der Waals surface area (Å²) in [5.74, 6) is 0.699. The number of sulfonamides is 1. The predicted octanol–water partition coefficient (Wildman–Crippen LogP) is 1.77. The molecule has 0 aliphatic carbocycles. The first-order chi connectivity index (χ1) is 10.6. The maximum absolute atomic E-state index is 12.5. The molecule has 1 aromatic rings. The Morgan fingerprint density at radius 2 is 1.78 bits per heavy atom. The van der Waals surface area contributed by atoms with Crippen LogP contribution in [0.25, 0.3) is 0 Å². The number of aliphatic imine (C=N–C) groups is 1. The third-order valence-electron chi connectivity index (χ3n) is 3.80. The summed E-state index contributed by atoms with van der Waals surface area (Å²) in [7, 11) is 0.154. The lowest BCUT2D eigenvalue weighted by molar-refractivity contribution is 0.346. The van der Waals surface area contributed by atoms with Gasteiger partial charge in [-0.15, -0.1) is 24.0 Å². The molecule has 0 bridgehead atoms. The minimum absolute atomic E-state index is 0. The lowest BCUT2D eigenvalue weighted by Crippen LogP contribution is -2.35. The SMILES string of the molecule is CN=C(NC)NCc1ccc(S(=O)(=O)N2CCCCC2)cc1.I. The Bertz CT molecular complexity index is 611. The molecule has 2 N–H and O–H groups in total. The van der Waals surface area contributed by atoms with E-state index in [2.05, 4.69) is 15.6 Å². The maximum Gasteiger partial charge on any atom is 0.243 e. The zero-order valence-corrected chi connectivity index (χ0v) is 16.7. The second-order valence-electron chi connectivity index (χ2n) is 5.28. The van der Waals surface area contributed by atoms with E-state index < -0.39 is 10.0 Å². The molecule has 1 fully saturated rings. The van der Waals surface area contributed by atoms with Crippen molar-refractivity contribution in [3.63, 3.8) is 0 Å². The van der Waals surface area contributed by atoms with E-state index in [-0.39, 0.29) is 24.0 Å². The Kier molecular flexibility index (Phi) is 8.27. The van der Waals surface area contributed by atoms with E-state index in [1.165, 1.54) is 0 Å². The Labute approximate surface area is 155 Å². The van der Waals surface area contributed by atoms with Gasteiger partial charge in [-0.1, -0.05) is 18.6 Å². The number of piperidine rings is 1. The van der Waals surface area contributed by atoms with Gasteiger partial charge in [-0.2, -0.15) is 4.31 Å². The third kappa shape index (κ3) is 5.32. The second kappa shape index (κ2) is 9.43. The van der Waals surface area contributed by atoms with Crippen LogP contribution < -0.4 is 10.6 Å². The molecule has 6 nitrogen and oxygen atoms in total. The Morgan fingerprint density at radius 1 is 1.17 bits per heavy atom. The number of nitrogens with one attached hydrogen (secondary N) is 2. The topological polar surface area (TPSA) is 73.8 Å². The smallest absolute Gasteiger partial charge is 0.243 e. The van der Waals surface area contributed by atoms with Gasteiger partial charge in [0.05, 0.1) is 4.90 Å². The van der Waals surface area contributed by atoms with Gasteiger partial charge < -0.3 is 10.6 Å². The average Bonchev–Trinajstić information content (AvgIpc) is 2.57. The minimum atomic E-state index is -3.34. The van der Waals surface area contributed by atoms with Crippen LogP contribution in [-0.4, -0.2) is 45.9 Å². The van der Waals surface area contributed by atoms with Crippen molar-refractivity contribution in [3.05, 3.63) is 29.8 Å². The van der Waals surface area contributed by atoms with E-state index in [1.54, 1.807) is 30.5 Å². The fourth-order valence-electron chi connectivity index (χ4n) is 2.50. The van der Waals surface area contributed by atoms with Gasteiger partial charge in [-0.25, -0.2) is 8.42 Å². The number of halogens is 1. The van der Waals surface area contributed by atoms with Crippen molar-refractivity contribution in [2.24, 2.45) is 4.99 Å². The van der Waals surface area contributed by atoms with Crippen molar-refractivity contribution < 1.29 is 8.42 Å².